The number of benzene rings is 11. The summed E-state index contributed by atoms with van der Waals surface area (Å²) < 4.78 is 2.61. The van der Waals surface area contributed by atoms with Crippen LogP contribution in [-0.2, 0) is 0 Å². The standard InChI is InChI=1S/C65H44S/c1-43-34-60(58-32-18-16-29-55(58)53-38-49(44-20-6-2-7-21-44)36-50(39-53)45-22-8-3-9-23-45)64-62(35-43)63-57-31-15-14-28-48(57)42-61(65(63)66-64)59-33-19-17-30-56(59)54-40-51(46-24-10-4-11-25-46)37-52(41-54)47-26-12-5-13-27-47/h2-42H,1H3. The van der Waals surface area contributed by atoms with E-state index in [1.165, 1.54) is 126 Å². The topological polar surface area (TPSA) is 0 Å². The highest BCUT2D eigenvalue weighted by atomic mass is 32.1. The first-order chi connectivity index (χ1) is 32.6. The summed E-state index contributed by atoms with van der Waals surface area (Å²) >= 11 is 1.94. The average molecular weight is 857 g/mol. The SMILES string of the molecule is Cc1cc(-c2ccccc2-c2cc(-c3ccccc3)cc(-c3ccccc3)c2)c2sc3c(-c4ccccc4-c4cc(-c5ccccc5)cc(-c5ccccc5)c4)cc4ccccc4c3c2c1. The molecule has 1 heterocycles. The van der Waals surface area contributed by atoms with Gasteiger partial charge in [0.2, 0.25) is 0 Å². The van der Waals surface area contributed by atoms with Gasteiger partial charge < -0.3 is 0 Å². The van der Waals surface area contributed by atoms with Crippen molar-refractivity contribution in [1.29, 1.82) is 0 Å². The molecule has 66 heavy (non-hydrogen) atoms. The highest BCUT2D eigenvalue weighted by Crippen LogP contribution is 2.50. The lowest BCUT2D eigenvalue weighted by atomic mass is 9.87. The zero-order valence-electron chi connectivity index (χ0n) is 36.6. The van der Waals surface area contributed by atoms with Gasteiger partial charge in [-0.2, -0.15) is 0 Å². The molecule has 0 unspecified atom stereocenters. The minimum atomic E-state index is 1.20. The zero-order valence-corrected chi connectivity index (χ0v) is 37.4. The van der Waals surface area contributed by atoms with Crippen LogP contribution in [0.25, 0.3) is 120 Å². The molecule has 0 saturated heterocycles. The van der Waals surface area contributed by atoms with E-state index in [-0.39, 0.29) is 0 Å². The second-order valence-electron chi connectivity index (χ2n) is 17.3. The monoisotopic (exact) mass is 856 g/mol. The molecular formula is C65H44S. The maximum atomic E-state index is 2.44. The third kappa shape index (κ3) is 7.21. The number of aryl methyl sites for hydroxylation is 1. The van der Waals surface area contributed by atoms with Crippen LogP contribution in [-0.4, -0.2) is 0 Å². The third-order valence-corrected chi connectivity index (χ3v) is 14.3. The average Bonchev–Trinajstić information content (AvgIpc) is 3.78. The van der Waals surface area contributed by atoms with Gasteiger partial charge in [-0.05, 0) is 156 Å². The smallest absolute Gasteiger partial charge is 0.0440 e. The number of rotatable bonds is 8. The molecule has 0 spiro atoms. The summed E-state index contributed by atoms with van der Waals surface area (Å²) in [5, 5.41) is 5.15. The van der Waals surface area contributed by atoms with Crippen LogP contribution in [0, 0.1) is 6.92 Å². The number of thiophene rings is 1. The zero-order chi connectivity index (χ0) is 44.0. The molecule has 1 aromatic heterocycles. The Morgan fingerprint density at radius 1 is 0.242 bits per heavy atom. The summed E-state index contributed by atoms with van der Waals surface area (Å²) in [4.78, 5) is 0. The molecule has 0 aliphatic heterocycles. The molecule has 11 aromatic carbocycles. The van der Waals surface area contributed by atoms with Gasteiger partial charge >= 0.3 is 0 Å². The van der Waals surface area contributed by atoms with Crippen LogP contribution in [0.3, 0.4) is 0 Å². The first-order valence-corrected chi connectivity index (χ1v) is 23.5. The van der Waals surface area contributed by atoms with Crippen LogP contribution >= 0.6 is 11.3 Å². The van der Waals surface area contributed by atoms with Crippen LogP contribution in [0.2, 0.25) is 0 Å². The first kappa shape index (κ1) is 39.5. The Hall–Kier alpha value is -8.10. The predicted molar refractivity (Wildman–Crippen MR) is 285 cm³/mol. The maximum absolute atomic E-state index is 2.44. The van der Waals surface area contributed by atoms with Crippen LogP contribution in [0.1, 0.15) is 5.56 Å². The second kappa shape index (κ2) is 16.8. The van der Waals surface area contributed by atoms with E-state index in [1.807, 2.05) is 11.3 Å². The van der Waals surface area contributed by atoms with Crippen molar-refractivity contribution in [2.24, 2.45) is 0 Å². The largest absolute Gasteiger partial charge is 0.134 e. The minimum Gasteiger partial charge on any atom is -0.134 e. The summed E-state index contributed by atoms with van der Waals surface area (Å²) in [6.45, 7) is 2.25. The van der Waals surface area contributed by atoms with Gasteiger partial charge in [0.05, 0.1) is 0 Å². The third-order valence-electron chi connectivity index (χ3n) is 13.1. The summed E-state index contributed by atoms with van der Waals surface area (Å²) in [7, 11) is 0. The van der Waals surface area contributed by atoms with Crippen molar-refractivity contribution in [3.8, 4) is 89.0 Å². The maximum Gasteiger partial charge on any atom is 0.0440 e. The minimum absolute atomic E-state index is 1.20. The van der Waals surface area contributed by atoms with E-state index in [0.29, 0.717) is 0 Å². The molecule has 310 valence electrons. The fraction of sp³-hybridized carbons (Fsp3) is 0.0154. The summed E-state index contributed by atoms with van der Waals surface area (Å²) in [5.74, 6) is 0. The molecular weight excluding hydrogens is 813 g/mol. The van der Waals surface area contributed by atoms with Crippen LogP contribution in [0.5, 0.6) is 0 Å². The van der Waals surface area contributed by atoms with E-state index in [9.17, 15) is 0 Å². The van der Waals surface area contributed by atoms with Gasteiger partial charge in [0.25, 0.3) is 0 Å². The predicted octanol–water partition coefficient (Wildman–Crippen LogP) is 18.9. The molecule has 0 aliphatic rings. The molecule has 0 saturated carbocycles. The van der Waals surface area contributed by atoms with Gasteiger partial charge in [-0.25, -0.2) is 0 Å². The Bertz CT molecular complexity index is 3620. The molecule has 12 aromatic rings. The fourth-order valence-electron chi connectivity index (χ4n) is 9.97. The fourth-order valence-corrected chi connectivity index (χ4v) is 11.3. The second-order valence-corrected chi connectivity index (χ2v) is 18.3. The molecule has 0 radical (unpaired) electrons. The summed E-state index contributed by atoms with van der Waals surface area (Å²) in [5.41, 5.74) is 20.7. The van der Waals surface area contributed by atoms with Crippen molar-refractivity contribution in [2.45, 2.75) is 6.92 Å². The van der Waals surface area contributed by atoms with Crippen molar-refractivity contribution in [2.75, 3.05) is 0 Å². The van der Waals surface area contributed by atoms with Gasteiger partial charge in [0.15, 0.2) is 0 Å². The number of fused-ring (bicyclic) bond motifs is 5. The molecule has 1 heteroatoms. The van der Waals surface area contributed by atoms with Gasteiger partial charge in [0, 0.05) is 31.3 Å². The normalized spacial score (nSPS) is 11.4. The molecule has 0 N–H and O–H groups in total. The molecule has 0 fully saturated rings. The lowest BCUT2D eigenvalue weighted by molar-refractivity contribution is 1.50. The van der Waals surface area contributed by atoms with Crippen molar-refractivity contribution < 1.29 is 0 Å². The van der Waals surface area contributed by atoms with E-state index in [4.69, 9.17) is 0 Å². The molecule has 0 bridgehead atoms. The van der Waals surface area contributed by atoms with E-state index >= 15 is 0 Å². The van der Waals surface area contributed by atoms with Crippen molar-refractivity contribution >= 4 is 42.3 Å². The summed E-state index contributed by atoms with van der Waals surface area (Å²) in [6.07, 6.45) is 0. The van der Waals surface area contributed by atoms with Gasteiger partial charge in [-0.15, -0.1) is 11.3 Å². The Morgan fingerprint density at radius 2 is 0.606 bits per heavy atom. The summed E-state index contributed by atoms with van der Waals surface area (Å²) in [6, 6.07) is 91.5. The van der Waals surface area contributed by atoms with E-state index in [1.54, 1.807) is 0 Å². The Kier molecular flexibility index (Phi) is 10.0. The highest BCUT2D eigenvalue weighted by Gasteiger charge is 2.22. The Morgan fingerprint density at radius 3 is 1.06 bits per heavy atom. The van der Waals surface area contributed by atoms with E-state index < -0.39 is 0 Å². The van der Waals surface area contributed by atoms with E-state index in [2.05, 4.69) is 256 Å². The Labute approximate surface area is 390 Å². The van der Waals surface area contributed by atoms with Crippen molar-refractivity contribution in [3.63, 3.8) is 0 Å². The van der Waals surface area contributed by atoms with Gasteiger partial charge in [0.1, 0.15) is 0 Å². The molecule has 0 aliphatic carbocycles. The van der Waals surface area contributed by atoms with Crippen molar-refractivity contribution in [3.05, 3.63) is 254 Å². The number of hydrogen-bond donors (Lipinski definition) is 0. The number of hydrogen-bond acceptors (Lipinski definition) is 1. The quantitative estimate of drug-likeness (QED) is 0.143. The molecule has 0 amide bonds. The van der Waals surface area contributed by atoms with Crippen LogP contribution in [0.4, 0.5) is 0 Å². The van der Waals surface area contributed by atoms with Crippen LogP contribution < -0.4 is 0 Å². The van der Waals surface area contributed by atoms with Gasteiger partial charge in [-0.1, -0.05) is 194 Å². The lowest BCUT2D eigenvalue weighted by Crippen LogP contribution is -1.90. The van der Waals surface area contributed by atoms with Gasteiger partial charge in [-0.3, -0.25) is 0 Å². The van der Waals surface area contributed by atoms with E-state index in [0.717, 1.165) is 0 Å². The molecule has 0 nitrogen and oxygen atoms in total. The van der Waals surface area contributed by atoms with Crippen molar-refractivity contribution in [1.82, 2.24) is 0 Å². The molecule has 12 rings (SSSR count). The first-order valence-electron chi connectivity index (χ1n) is 22.7. The molecule has 0 atom stereocenters. The Balaban J connectivity index is 1.09. The van der Waals surface area contributed by atoms with Crippen LogP contribution in [0.15, 0.2) is 249 Å². The lowest BCUT2D eigenvalue weighted by Gasteiger charge is -2.16. The highest BCUT2D eigenvalue weighted by molar-refractivity contribution is 7.27.